The number of likely N-dealkylation sites (tertiary alicyclic amines) is 1. The molecule has 0 aromatic heterocycles. The standard InChI is InChI=1S/C26H37N3O6/c1-6-34-24(30)20(29-12-8-7-9-13-29)14-16(2)10-11-18-22(28-26(32)27-4)21-19(15-35-25(21)31)17(3)23(18)33-5/h10,20H,6-9,11-15H2,1-5H3,(H2,27,28,32). The van der Waals surface area contributed by atoms with Gasteiger partial charge in [0.25, 0.3) is 0 Å². The highest BCUT2D eigenvalue weighted by Crippen LogP contribution is 2.41. The van der Waals surface area contributed by atoms with Gasteiger partial charge in [0, 0.05) is 18.2 Å². The third-order valence-electron chi connectivity index (χ3n) is 6.70. The second-order valence-electron chi connectivity index (χ2n) is 8.97. The highest BCUT2D eigenvalue weighted by Gasteiger charge is 2.33. The summed E-state index contributed by atoms with van der Waals surface area (Å²) in [6, 6.07) is -0.763. The Kier molecular flexibility index (Phi) is 9.14. The molecule has 0 saturated carbocycles. The predicted octanol–water partition coefficient (Wildman–Crippen LogP) is 3.72. The fraction of sp³-hybridized carbons (Fsp3) is 0.577. The van der Waals surface area contributed by atoms with Crippen LogP contribution in [-0.2, 0) is 27.3 Å². The van der Waals surface area contributed by atoms with Gasteiger partial charge in [-0.1, -0.05) is 18.1 Å². The molecule has 9 heteroatoms. The van der Waals surface area contributed by atoms with Crippen molar-refractivity contribution in [1.82, 2.24) is 10.2 Å². The van der Waals surface area contributed by atoms with Crippen molar-refractivity contribution in [2.45, 2.75) is 65.5 Å². The number of allylic oxidation sites excluding steroid dienone is 1. The van der Waals surface area contributed by atoms with Gasteiger partial charge in [-0.2, -0.15) is 0 Å². The van der Waals surface area contributed by atoms with Gasteiger partial charge in [-0.3, -0.25) is 9.69 Å². The Morgan fingerprint density at radius 1 is 1.23 bits per heavy atom. The van der Waals surface area contributed by atoms with Crippen molar-refractivity contribution in [3.8, 4) is 5.75 Å². The van der Waals surface area contributed by atoms with Crippen LogP contribution in [0.5, 0.6) is 5.75 Å². The third kappa shape index (κ3) is 5.96. The summed E-state index contributed by atoms with van der Waals surface area (Å²) in [5.74, 6) is -0.0557. The van der Waals surface area contributed by atoms with Gasteiger partial charge < -0.3 is 24.8 Å². The number of carbonyl (C=O) groups is 3. The molecule has 2 heterocycles. The zero-order valence-corrected chi connectivity index (χ0v) is 21.4. The molecular weight excluding hydrogens is 450 g/mol. The molecular formula is C26H37N3O6. The summed E-state index contributed by atoms with van der Waals surface area (Å²) in [5.41, 5.74) is 4.00. The van der Waals surface area contributed by atoms with E-state index in [1.807, 2.05) is 26.8 Å². The number of nitrogens with zero attached hydrogens (tertiary/aromatic N) is 1. The number of cyclic esters (lactones) is 1. The summed E-state index contributed by atoms with van der Waals surface area (Å²) in [4.78, 5) is 39.7. The Hall–Kier alpha value is -3.07. The molecule has 0 aliphatic carbocycles. The van der Waals surface area contributed by atoms with Crippen LogP contribution < -0.4 is 15.4 Å². The molecule has 192 valence electrons. The molecule has 2 aliphatic rings. The van der Waals surface area contributed by atoms with E-state index < -0.39 is 12.0 Å². The largest absolute Gasteiger partial charge is 0.496 e. The first kappa shape index (κ1) is 26.5. The number of rotatable bonds is 9. The third-order valence-corrected chi connectivity index (χ3v) is 6.70. The molecule has 1 atom stereocenters. The number of nitrogens with one attached hydrogen (secondary N) is 2. The quantitative estimate of drug-likeness (QED) is 0.404. The van der Waals surface area contributed by atoms with E-state index in [9.17, 15) is 14.4 Å². The number of fused-ring (bicyclic) bond motifs is 1. The first-order valence-electron chi connectivity index (χ1n) is 12.3. The fourth-order valence-electron chi connectivity index (χ4n) is 4.86. The maximum absolute atomic E-state index is 12.8. The van der Waals surface area contributed by atoms with Crippen LogP contribution in [0.25, 0.3) is 0 Å². The molecule has 1 unspecified atom stereocenters. The Bertz CT molecular complexity index is 998. The number of ether oxygens (including phenoxy) is 3. The predicted molar refractivity (Wildman–Crippen MR) is 133 cm³/mol. The van der Waals surface area contributed by atoms with E-state index in [-0.39, 0.29) is 18.6 Å². The monoisotopic (exact) mass is 487 g/mol. The van der Waals surface area contributed by atoms with E-state index in [4.69, 9.17) is 14.2 Å². The van der Waals surface area contributed by atoms with Gasteiger partial charge in [-0.15, -0.1) is 0 Å². The minimum atomic E-state index is -0.466. The van der Waals surface area contributed by atoms with Gasteiger partial charge in [-0.25, -0.2) is 9.59 Å². The van der Waals surface area contributed by atoms with E-state index >= 15 is 0 Å². The number of amides is 2. The van der Waals surface area contributed by atoms with Crippen LogP contribution in [0.4, 0.5) is 10.5 Å². The van der Waals surface area contributed by atoms with Gasteiger partial charge in [0.2, 0.25) is 0 Å². The lowest BCUT2D eigenvalue weighted by molar-refractivity contribution is -0.150. The van der Waals surface area contributed by atoms with Crippen molar-refractivity contribution >= 4 is 23.7 Å². The first-order valence-corrected chi connectivity index (χ1v) is 12.3. The number of urea groups is 1. The van der Waals surface area contributed by atoms with Crippen LogP contribution in [0.1, 0.15) is 66.6 Å². The van der Waals surface area contributed by atoms with Crippen LogP contribution in [0, 0.1) is 6.92 Å². The van der Waals surface area contributed by atoms with Crippen molar-refractivity contribution < 1.29 is 28.6 Å². The van der Waals surface area contributed by atoms with Crippen LogP contribution >= 0.6 is 0 Å². The van der Waals surface area contributed by atoms with Crippen LogP contribution in [0.3, 0.4) is 0 Å². The summed E-state index contributed by atoms with van der Waals surface area (Å²) < 4.78 is 16.4. The van der Waals surface area contributed by atoms with Crippen molar-refractivity contribution in [2.24, 2.45) is 0 Å². The number of esters is 2. The van der Waals surface area contributed by atoms with Crippen LogP contribution in [0.2, 0.25) is 0 Å². The lowest BCUT2D eigenvalue weighted by Crippen LogP contribution is -2.45. The van der Waals surface area contributed by atoms with Crippen molar-refractivity contribution in [3.05, 3.63) is 33.9 Å². The molecule has 2 amide bonds. The Morgan fingerprint density at radius 3 is 2.57 bits per heavy atom. The second kappa shape index (κ2) is 12.1. The van der Waals surface area contributed by atoms with E-state index in [1.54, 1.807) is 7.11 Å². The minimum absolute atomic E-state index is 0.144. The highest BCUT2D eigenvalue weighted by atomic mass is 16.5. The topological polar surface area (TPSA) is 106 Å². The average Bonchev–Trinajstić information content (AvgIpc) is 3.25. The van der Waals surface area contributed by atoms with Gasteiger partial charge in [0.05, 0.1) is 25.0 Å². The van der Waals surface area contributed by atoms with Crippen LogP contribution in [-0.4, -0.2) is 62.8 Å². The molecule has 2 N–H and O–H groups in total. The zero-order valence-electron chi connectivity index (χ0n) is 21.4. The Balaban J connectivity index is 1.94. The van der Waals surface area contributed by atoms with Crippen LogP contribution in [0.15, 0.2) is 11.6 Å². The SMILES string of the molecule is CCOC(=O)C(CC(C)=CCc1c(NC(=O)NC)c2c(c(C)c1OC)COC2=O)N1CCCCC1. The molecule has 0 radical (unpaired) electrons. The highest BCUT2D eigenvalue weighted by molar-refractivity contribution is 6.05. The van der Waals surface area contributed by atoms with Gasteiger partial charge in [0.1, 0.15) is 18.4 Å². The summed E-state index contributed by atoms with van der Waals surface area (Å²) in [6.45, 7) is 7.96. The van der Waals surface area contributed by atoms with Crippen molar-refractivity contribution in [2.75, 3.05) is 39.2 Å². The first-order chi connectivity index (χ1) is 16.8. The molecule has 35 heavy (non-hydrogen) atoms. The number of anilines is 1. The zero-order chi connectivity index (χ0) is 25.5. The molecule has 3 rings (SSSR count). The lowest BCUT2D eigenvalue weighted by Gasteiger charge is -2.33. The summed E-state index contributed by atoms with van der Waals surface area (Å²) in [6.07, 6.45) is 6.32. The summed E-state index contributed by atoms with van der Waals surface area (Å²) in [7, 11) is 3.09. The molecule has 0 bridgehead atoms. The number of hydrogen-bond donors (Lipinski definition) is 2. The second-order valence-corrected chi connectivity index (χ2v) is 8.97. The number of piperidine rings is 1. The van der Waals surface area contributed by atoms with Gasteiger partial charge >= 0.3 is 18.0 Å². The van der Waals surface area contributed by atoms with E-state index in [0.717, 1.165) is 42.6 Å². The molecule has 1 saturated heterocycles. The summed E-state index contributed by atoms with van der Waals surface area (Å²) >= 11 is 0. The van der Waals surface area contributed by atoms with E-state index in [0.29, 0.717) is 42.0 Å². The van der Waals surface area contributed by atoms with E-state index in [2.05, 4.69) is 15.5 Å². The lowest BCUT2D eigenvalue weighted by atomic mass is 9.93. The Morgan fingerprint density at radius 2 is 1.94 bits per heavy atom. The minimum Gasteiger partial charge on any atom is -0.496 e. The molecule has 1 aromatic rings. The molecule has 1 fully saturated rings. The maximum Gasteiger partial charge on any atom is 0.341 e. The Labute approximate surface area is 207 Å². The van der Waals surface area contributed by atoms with Gasteiger partial charge in [-0.05, 0) is 65.1 Å². The van der Waals surface area contributed by atoms with Crippen molar-refractivity contribution in [1.29, 1.82) is 0 Å². The molecule has 2 aliphatic heterocycles. The summed E-state index contributed by atoms with van der Waals surface area (Å²) in [5, 5.41) is 5.34. The number of hydrogen-bond acceptors (Lipinski definition) is 7. The van der Waals surface area contributed by atoms with Gasteiger partial charge in [0.15, 0.2) is 0 Å². The fourth-order valence-corrected chi connectivity index (χ4v) is 4.86. The molecule has 0 spiro atoms. The van der Waals surface area contributed by atoms with Crippen molar-refractivity contribution in [3.63, 3.8) is 0 Å². The normalized spacial score (nSPS) is 16.8. The number of methoxy groups -OCH3 is 1. The average molecular weight is 488 g/mol. The molecule has 9 nitrogen and oxygen atoms in total. The number of carbonyl (C=O) groups excluding carboxylic acids is 3. The molecule has 1 aromatic carbocycles. The smallest absolute Gasteiger partial charge is 0.341 e. The number of benzene rings is 1. The van der Waals surface area contributed by atoms with E-state index in [1.165, 1.54) is 13.5 Å². The maximum atomic E-state index is 12.8.